The zero-order valence-electron chi connectivity index (χ0n) is 16.4. The molecule has 0 radical (unpaired) electrons. The highest BCUT2D eigenvalue weighted by molar-refractivity contribution is 5.93. The Hall–Kier alpha value is -2.41. The molecule has 3 saturated heterocycles. The quantitative estimate of drug-likeness (QED) is 0.726. The molecule has 5 rings (SSSR count). The first-order valence-corrected chi connectivity index (χ1v) is 10.4. The Kier molecular flexibility index (Phi) is 4.38. The number of carbonyl (C=O) groups is 2. The molecule has 4 atom stereocenters. The van der Waals surface area contributed by atoms with Crippen molar-refractivity contribution < 1.29 is 23.5 Å². The molecule has 3 fully saturated rings. The second kappa shape index (κ2) is 6.83. The van der Waals surface area contributed by atoms with E-state index >= 15 is 0 Å². The Morgan fingerprint density at radius 1 is 1.34 bits per heavy atom. The number of amides is 2. The van der Waals surface area contributed by atoms with Gasteiger partial charge in [-0.1, -0.05) is 18.2 Å². The molecule has 2 amide bonds. The number of likely N-dealkylation sites (N-methyl/N-ethyl adjacent to an activating group) is 1. The Morgan fingerprint density at radius 3 is 2.86 bits per heavy atom. The molecular formula is C22H25FN2O4. The van der Waals surface area contributed by atoms with Crippen LogP contribution in [-0.2, 0) is 14.3 Å². The van der Waals surface area contributed by atoms with Crippen LogP contribution in [0.25, 0.3) is 0 Å². The minimum Gasteiger partial charge on any atom is -0.490 e. The van der Waals surface area contributed by atoms with Gasteiger partial charge in [0.25, 0.3) is 0 Å². The van der Waals surface area contributed by atoms with Crippen LogP contribution in [-0.4, -0.2) is 65.6 Å². The summed E-state index contributed by atoms with van der Waals surface area (Å²) in [6, 6.07) is 6.13. The zero-order valence-corrected chi connectivity index (χ0v) is 16.4. The van der Waals surface area contributed by atoms with Crippen LogP contribution in [0.15, 0.2) is 36.4 Å². The average molecular weight is 400 g/mol. The van der Waals surface area contributed by atoms with Gasteiger partial charge in [-0.15, -0.1) is 0 Å². The summed E-state index contributed by atoms with van der Waals surface area (Å²) in [4.78, 5) is 29.8. The lowest BCUT2D eigenvalue weighted by atomic mass is 9.76. The van der Waals surface area contributed by atoms with Crippen molar-refractivity contribution >= 4 is 11.8 Å². The summed E-state index contributed by atoms with van der Waals surface area (Å²) in [5, 5.41) is 0. The van der Waals surface area contributed by atoms with Crippen LogP contribution in [0.1, 0.15) is 19.8 Å². The van der Waals surface area contributed by atoms with Crippen molar-refractivity contribution in [2.45, 2.75) is 37.6 Å². The SMILES string of the molecule is CCN1C[C@@]23C=C[C@@H](O2)[C@H](C(=O)N2CCC(Oc4cccc(F)c4)CC2)[C@@H]3C1=O. The lowest BCUT2D eigenvalue weighted by Crippen LogP contribution is -2.49. The van der Waals surface area contributed by atoms with E-state index in [0.29, 0.717) is 44.8 Å². The number of likely N-dealkylation sites (tertiary alicyclic amines) is 2. The number of hydrogen-bond acceptors (Lipinski definition) is 4. The first kappa shape index (κ1) is 18.6. The van der Waals surface area contributed by atoms with Crippen molar-refractivity contribution in [3.8, 4) is 5.75 Å². The molecule has 4 heterocycles. The number of ether oxygens (including phenoxy) is 2. The number of hydrogen-bond donors (Lipinski definition) is 0. The van der Waals surface area contributed by atoms with Crippen molar-refractivity contribution in [2.75, 3.05) is 26.2 Å². The van der Waals surface area contributed by atoms with Crippen LogP contribution < -0.4 is 4.74 Å². The molecule has 154 valence electrons. The standard InChI is InChI=1S/C22H25FN2O4/c1-2-24-13-22-9-6-17(29-22)18(19(22)21(24)27)20(26)25-10-7-15(8-11-25)28-16-5-3-4-14(23)12-16/h3-6,9,12,15,17-19H,2,7-8,10-11,13H2,1H3/t17-,18+,19-,22-/m1/s1. The van der Waals surface area contributed by atoms with Crippen molar-refractivity contribution in [3.05, 3.63) is 42.2 Å². The largest absolute Gasteiger partial charge is 0.490 e. The van der Waals surface area contributed by atoms with E-state index in [2.05, 4.69) is 0 Å². The smallest absolute Gasteiger partial charge is 0.230 e. The van der Waals surface area contributed by atoms with Gasteiger partial charge < -0.3 is 19.3 Å². The molecule has 0 saturated carbocycles. The maximum atomic E-state index is 13.3. The van der Waals surface area contributed by atoms with E-state index in [1.54, 1.807) is 17.0 Å². The summed E-state index contributed by atoms with van der Waals surface area (Å²) >= 11 is 0. The highest BCUT2D eigenvalue weighted by atomic mass is 19.1. The van der Waals surface area contributed by atoms with Crippen LogP contribution in [0.4, 0.5) is 4.39 Å². The van der Waals surface area contributed by atoms with Gasteiger partial charge in [0.05, 0.1) is 24.5 Å². The highest BCUT2D eigenvalue weighted by Crippen LogP contribution is 2.52. The third kappa shape index (κ3) is 2.94. The van der Waals surface area contributed by atoms with Crippen molar-refractivity contribution in [1.29, 1.82) is 0 Å². The molecular weight excluding hydrogens is 375 g/mol. The molecule has 0 aromatic heterocycles. The molecule has 0 unspecified atom stereocenters. The van der Waals surface area contributed by atoms with E-state index in [1.807, 2.05) is 24.0 Å². The summed E-state index contributed by atoms with van der Waals surface area (Å²) < 4.78 is 25.4. The fourth-order valence-corrected chi connectivity index (χ4v) is 5.27. The summed E-state index contributed by atoms with van der Waals surface area (Å²) in [6.07, 6.45) is 4.94. The van der Waals surface area contributed by atoms with Crippen LogP contribution >= 0.6 is 0 Å². The number of nitrogens with zero attached hydrogens (tertiary/aromatic N) is 2. The predicted molar refractivity (Wildman–Crippen MR) is 103 cm³/mol. The highest BCUT2D eigenvalue weighted by Gasteiger charge is 2.67. The van der Waals surface area contributed by atoms with E-state index in [-0.39, 0.29) is 29.8 Å². The molecule has 4 aliphatic heterocycles. The number of rotatable bonds is 4. The number of halogens is 1. The first-order chi connectivity index (χ1) is 14.0. The van der Waals surface area contributed by atoms with Crippen molar-refractivity contribution in [2.24, 2.45) is 11.8 Å². The maximum Gasteiger partial charge on any atom is 0.230 e. The van der Waals surface area contributed by atoms with E-state index in [4.69, 9.17) is 9.47 Å². The number of piperidine rings is 1. The molecule has 0 aliphatic carbocycles. The summed E-state index contributed by atoms with van der Waals surface area (Å²) in [5.41, 5.74) is -0.628. The van der Waals surface area contributed by atoms with Crippen LogP contribution in [0.5, 0.6) is 5.75 Å². The third-order valence-electron chi connectivity index (χ3n) is 6.70. The zero-order chi connectivity index (χ0) is 20.2. The van der Waals surface area contributed by atoms with Gasteiger partial charge in [0.1, 0.15) is 23.3 Å². The fraction of sp³-hybridized carbons (Fsp3) is 0.545. The molecule has 1 aromatic carbocycles. The molecule has 29 heavy (non-hydrogen) atoms. The topological polar surface area (TPSA) is 59.1 Å². The third-order valence-corrected chi connectivity index (χ3v) is 6.70. The molecule has 0 N–H and O–H groups in total. The summed E-state index contributed by atoms with van der Waals surface area (Å²) in [5.74, 6) is -0.630. The molecule has 6 nitrogen and oxygen atoms in total. The average Bonchev–Trinajstić information content (AvgIpc) is 3.36. The number of fused-ring (bicyclic) bond motifs is 1. The van der Waals surface area contributed by atoms with Gasteiger partial charge in [0, 0.05) is 38.5 Å². The van der Waals surface area contributed by atoms with E-state index in [9.17, 15) is 14.0 Å². The van der Waals surface area contributed by atoms with E-state index in [1.165, 1.54) is 12.1 Å². The van der Waals surface area contributed by atoms with Gasteiger partial charge in [-0.2, -0.15) is 0 Å². The second-order valence-corrected chi connectivity index (χ2v) is 8.35. The molecule has 4 aliphatic rings. The fourth-order valence-electron chi connectivity index (χ4n) is 5.27. The van der Waals surface area contributed by atoms with Gasteiger partial charge in [0.15, 0.2) is 0 Å². The number of benzene rings is 1. The van der Waals surface area contributed by atoms with Gasteiger partial charge in [0.2, 0.25) is 11.8 Å². The second-order valence-electron chi connectivity index (χ2n) is 8.35. The molecule has 7 heteroatoms. The normalized spacial score (nSPS) is 33.4. The van der Waals surface area contributed by atoms with Gasteiger partial charge >= 0.3 is 0 Å². The minimum absolute atomic E-state index is 0.00161. The van der Waals surface area contributed by atoms with E-state index < -0.39 is 17.4 Å². The van der Waals surface area contributed by atoms with E-state index in [0.717, 1.165) is 0 Å². The van der Waals surface area contributed by atoms with Crippen molar-refractivity contribution in [1.82, 2.24) is 9.80 Å². The Morgan fingerprint density at radius 2 is 2.14 bits per heavy atom. The molecule has 1 aromatic rings. The Bertz CT molecular complexity index is 866. The summed E-state index contributed by atoms with van der Waals surface area (Å²) in [7, 11) is 0. The predicted octanol–water partition coefficient (Wildman–Crippen LogP) is 2.00. The van der Waals surface area contributed by atoms with Crippen LogP contribution in [0.2, 0.25) is 0 Å². The summed E-state index contributed by atoms with van der Waals surface area (Å²) in [6.45, 7) is 4.25. The van der Waals surface area contributed by atoms with Crippen LogP contribution in [0.3, 0.4) is 0 Å². The number of carbonyl (C=O) groups excluding carboxylic acids is 2. The minimum atomic E-state index is -0.628. The van der Waals surface area contributed by atoms with Gasteiger partial charge in [-0.05, 0) is 19.1 Å². The lowest BCUT2D eigenvalue weighted by Gasteiger charge is -2.35. The lowest BCUT2D eigenvalue weighted by molar-refractivity contribution is -0.144. The molecule has 1 spiro atoms. The monoisotopic (exact) mass is 400 g/mol. The van der Waals surface area contributed by atoms with Gasteiger partial charge in [-0.25, -0.2) is 4.39 Å². The Labute approximate surface area is 169 Å². The molecule has 2 bridgehead atoms. The van der Waals surface area contributed by atoms with Gasteiger partial charge in [-0.3, -0.25) is 9.59 Å². The Balaban J connectivity index is 1.24. The van der Waals surface area contributed by atoms with Crippen LogP contribution in [0, 0.1) is 17.7 Å². The first-order valence-electron chi connectivity index (χ1n) is 10.4. The maximum absolute atomic E-state index is 13.3. The van der Waals surface area contributed by atoms with Crippen molar-refractivity contribution in [3.63, 3.8) is 0 Å².